The van der Waals surface area contributed by atoms with Gasteiger partial charge >= 0.3 is 0 Å². The first-order valence-electron chi connectivity index (χ1n) is 7.81. The summed E-state index contributed by atoms with van der Waals surface area (Å²) in [4.78, 5) is 8.37. The zero-order valence-corrected chi connectivity index (χ0v) is 14.9. The molecule has 0 aliphatic carbocycles. The lowest BCUT2D eigenvalue weighted by Crippen LogP contribution is -2.22. The van der Waals surface area contributed by atoms with Crippen LogP contribution in [0.4, 0.5) is 0 Å². The molecule has 0 saturated heterocycles. The zero-order chi connectivity index (χ0) is 17.6. The minimum absolute atomic E-state index is 0.0121. The average molecular weight is 338 g/mol. The van der Waals surface area contributed by atoms with Crippen LogP contribution in [0.1, 0.15) is 49.3 Å². The first kappa shape index (κ1) is 18.0. The highest BCUT2D eigenvalue weighted by atomic mass is 35.5. The maximum absolute atomic E-state index is 9.04. The van der Waals surface area contributed by atoms with Gasteiger partial charge in [-0.15, -0.1) is 11.6 Å². The summed E-state index contributed by atoms with van der Waals surface area (Å²) in [7, 11) is 0. The summed E-state index contributed by atoms with van der Waals surface area (Å²) >= 11 is 5.59. The Morgan fingerprint density at radius 1 is 1.17 bits per heavy atom. The van der Waals surface area contributed by atoms with Crippen molar-refractivity contribution in [3.05, 3.63) is 59.2 Å². The molecule has 1 heterocycles. The van der Waals surface area contributed by atoms with E-state index in [1.165, 1.54) is 5.56 Å². The molecule has 3 nitrogen and oxygen atoms in total. The van der Waals surface area contributed by atoms with Crippen LogP contribution >= 0.6 is 11.6 Å². The predicted molar refractivity (Wildman–Crippen MR) is 96.7 cm³/mol. The van der Waals surface area contributed by atoms with Crippen molar-refractivity contribution in [3.63, 3.8) is 0 Å². The maximum atomic E-state index is 9.04. The summed E-state index contributed by atoms with van der Waals surface area (Å²) in [5, 5.41) is 9.04. The van der Waals surface area contributed by atoms with Crippen molar-refractivity contribution in [3.8, 4) is 17.9 Å². The standard InChI is InChI=1S/C20H20ClN3/c1-20(2,3)17(18-10-12-23-19(14-22)24-18)13-16-8-6-15(7-9-16)5-4-11-21/h6-10,12,17H,11,13H2,1-3H3. The molecule has 0 spiro atoms. The summed E-state index contributed by atoms with van der Waals surface area (Å²) in [6, 6.07) is 12.1. The fourth-order valence-electron chi connectivity index (χ4n) is 2.57. The van der Waals surface area contributed by atoms with Gasteiger partial charge in [0.15, 0.2) is 0 Å². The number of nitriles is 1. The Hall–Kier alpha value is -2.36. The molecule has 1 atom stereocenters. The quantitative estimate of drug-likeness (QED) is 0.619. The van der Waals surface area contributed by atoms with E-state index < -0.39 is 0 Å². The van der Waals surface area contributed by atoms with E-state index in [1.54, 1.807) is 6.20 Å². The Morgan fingerprint density at radius 3 is 2.46 bits per heavy atom. The molecule has 1 unspecified atom stereocenters. The van der Waals surface area contributed by atoms with Crippen molar-refractivity contribution in [1.29, 1.82) is 5.26 Å². The lowest BCUT2D eigenvalue weighted by Gasteiger charge is -2.30. The van der Waals surface area contributed by atoms with Gasteiger partial charge in [-0.2, -0.15) is 5.26 Å². The fourth-order valence-corrected chi connectivity index (χ4v) is 2.64. The smallest absolute Gasteiger partial charge is 0.228 e. The van der Waals surface area contributed by atoms with Crippen LogP contribution in [-0.2, 0) is 6.42 Å². The second-order valence-corrected chi connectivity index (χ2v) is 6.94. The van der Waals surface area contributed by atoms with Crippen molar-refractivity contribution in [2.45, 2.75) is 33.1 Å². The highest BCUT2D eigenvalue weighted by Gasteiger charge is 2.28. The number of hydrogen-bond acceptors (Lipinski definition) is 3. The second kappa shape index (κ2) is 7.95. The minimum atomic E-state index is 0.0121. The molecular formula is C20H20ClN3. The van der Waals surface area contributed by atoms with Gasteiger partial charge in [0.2, 0.25) is 5.82 Å². The molecule has 0 saturated carbocycles. The van der Waals surface area contributed by atoms with Gasteiger partial charge in [0, 0.05) is 23.4 Å². The molecule has 1 aromatic heterocycles. The first-order chi connectivity index (χ1) is 11.4. The van der Waals surface area contributed by atoms with Crippen molar-refractivity contribution in [2.24, 2.45) is 5.41 Å². The van der Waals surface area contributed by atoms with E-state index in [4.69, 9.17) is 16.9 Å². The summed E-state index contributed by atoms with van der Waals surface area (Å²) in [6.07, 6.45) is 2.50. The van der Waals surface area contributed by atoms with E-state index in [-0.39, 0.29) is 17.2 Å². The molecule has 0 amide bonds. The topological polar surface area (TPSA) is 49.6 Å². The van der Waals surface area contributed by atoms with Crippen molar-refractivity contribution >= 4 is 11.6 Å². The summed E-state index contributed by atoms with van der Waals surface area (Å²) in [6.45, 7) is 6.56. The number of halogens is 1. The van der Waals surface area contributed by atoms with Gasteiger partial charge in [-0.1, -0.05) is 44.7 Å². The van der Waals surface area contributed by atoms with Crippen LogP contribution in [0.3, 0.4) is 0 Å². The molecule has 24 heavy (non-hydrogen) atoms. The number of rotatable bonds is 3. The van der Waals surface area contributed by atoms with Gasteiger partial charge < -0.3 is 0 Å². The molecule has 2 rings (SSSR count). The molecule has 0 N–H and O–H groups in total. The van der Waals surface area contributed by atoms with E-state index in [0.29, 0.717) is 5.88 Å². The molecular weight excluding hydrogens is 318 g/mol. The van der Waals surface area contributed by atoms with Crippen LogP contribution in [0, 0.1) is 28.6 Å². The summed E-state index contributed by atoms with van der Waals surface area (Å²) in [5.41, 5.74) is 3.09. The molecule has 1 aromatic carbocycles. The van der Waals surface area contributed by atoms with Gasteiger partial charge in [0.1, 0.15) is 6.07 Å². The predicted octanol–water partition coefficient (Wildman–Crippen LogP) is 4.31. The largest absolute Gasteiger partial charge is 0.232 e. The third-order valence-corrected chi connectivity index (χ3v) is 4.01. The Bertz CT molecular complexity index is 787. The molecule has 0 aliphatic rings. The summed E-state index contributed by atoms with van der Waals surface area (Å²) in [5.74, 6) is 6.61. The lowest BCUT2D eigenvalue weighted by atomic mass is 9.75. The van der Waals surface area contributed by atoms with Crippen LogP contribution in [0.2, 0.25) is 0 Å². The molecule has 4 heteroatoms. The number of hydrogen-bond donors (Lipinski definition) is 0. The molecule has 0 fully saturated rings. The Balaban J connectivity index is 2.28. The minimum Gasteiger partial charge on any atom is -0.228 e. The van der Waals surface area contributed by atoms with Crippen LogP contribution in [0.5, 0.6) is 0 Å². The van der Waals surface area contributed by atoms with Crippen LogP contribution in [0.25, 0.3) is 0 Å². The van der Waals surface area contributed by atoms with Gasteiger partial charge in [-0.25, -0.2) is 9.97 Å². The normalized spacial score (nSPS) is 12.0. The zero-order valence-electron chi connectivity index (χ0n) is 14.2. The Labute approximate surface area is 148 Å². The molecule has 2 aromatic rings. The third-order valence-electron chi connectivity index (χ3n) is 3.87. The highest BCUT2D eigenvalue weighted by molar-refractivity contribution is 6.19. The van der Waals surface area contributed by atoms with E-state index in [1.807, 2.05) is 24.3 Å². The van der Waals surface area contributed by atoms with Gasteiger partial charge in [0.05, 0.1) is 5.88 Å². The van der Waals surface area contributed by atoms with Gasteiger partial charge in [-0.05, 0) is 35.6 Å². The third kappa shape index (κ3) is 4.82. The fraction of sp³-hybridized carbons (Fsp3) is 0.350. The first-order valence-corrected chi connectivity index (χ1v) is 8.34. The van der Waals surface area contributed by atoms with Crippen molar-refractivity contribution < 1.29 is 0 Å². The lowest BCUT2D eigenvalue weighted by molar-refractivity contribution is 0.312. The average Bonchev–Trinajstić information content (AvgIpc) is 2.58. The van der Waals surface area contributed by atoms with Gasteiger partial charge in [-0.3, -0.25) is 0 Å². The number of nitrogens with zero attached hydrogens (tertiary/aromatic N) is 3. The second-order valence-electron chi connectivity index (χ2n) is 6.67. The van der Waals surface area contributed by atoms with E-state index in [2.05, 4.69) is 54.7 Å². The highest BCUT2D eigenvalue weighted by Crippen LogP contribution is 2.36. The Kier molecular flexibility index (Phi) is 5.96. The SMILES string of the molecule is CC(C)(C)C(Cc1ccc(C#CCCl)cc1)c1ccnc(C#N)n1. The number of benzene rings is 1. The van der Waals surface area contributed by atoms with E-state index in [0.717, 1.165) is 17.7 Å². The number of aromatic nitrogens is 2. The van der Waals surface area contributed by atoms with Crippen molar-refractivity contribution in [1.82, 2.24) is 9.97 Å². The van der Waals surface area contributed by atoms with Crippen LogP contribution in [-0.4, -0.2) is 15.8 Å². The van der Waals surface area contributed by atoms with E-state index in [9.17, 15) is 0 Å². The molecule has 0 radical (unpaired) electrons. The molecule has 122 valence electrons. The van der Waals surface area contributed by atoms with E-state index >= 15 is 0 Å². The number of alkyl halides is 1. The van der Waals surface area contributed by atoms with Crippen molar-refractivity contribution in [2.75, 3.05) is 5.88 Å². The maximum Gasteiger partial charge on any atom is 0.232 e. The van der Waals surface area contributed by atoms with Crippen LogP contribution < -0.4 is 0 Å². The van der Waals surface area contributed by atoms with Gasteiger partial charge in [0.25, 0.3) is 0 Å². The monoisotopic (exact) mass is 337 g/mol. The molecule has 0 bridgehead atoms. The van der Waals surface area contributed by atoms with Crippen LogP contribution in [0.15, 0.2) is 36.5 Å². The summed E-state index contributed by atoms with van der Waals surface area (Å²) < 4.78 is 0. The molecule has 0 aliphatic heterocycles. The Morgan fingerprint density at radius 2 is 1.88 bits per heavy atom.